The van der Waals surface area contributed by atoms with Gasteiger partial charge in [-0.25, -0.2) is 0 Å². The lowest BCUT2D eigenvalue weighted by molar-refractivity contribution is 1.37. The zero-order valence-electron chi connectivity index (χ0n) is 9.36. The summed E-state index contributed by atoms with van der Waals surface area (Å²) in [6.45, 7) is 0. The number of hydrogen-bond donors (Lipinski definition) is 0. The molecule has 0 spiro atoms. The number of nitrogens with zero attached hydrogens (tertiary/aromatic N) is 1. The van der Waals surface area contributed by atoms with Gasteiger partial charge in [0.25, 0.3) is 0 Å². The van der Waals surface area contributed by atoms with Crippen molar-refractivity contribution in [1.82, 2.24) is 0 Å². The Bertz CT molecular complexity index is 588. The lowest BCUT2D eigenvalue weighted by Crippen LogP contribution is -1.82. The van der Waals surface area contributed by atoms with Gasteiger partial charge in [0.1, 0.15) is 0 Å². The standard InChI is InChI=1S/C14H9Cl2NS/c15-12-4-1-10(2-5-12)9-18-14-6-3-11(8-17)7-13(14)16/h1-7H,9H2. The van der Waals surface area contributed by atoms with Crippen molar-refractivity contribution in [2.45, 2.75) is 10.6 Å². The van der Waals surface area contributed by atoms with E-state index in [4.69, 9.17) is 28.5 Å². The van der Waals surface area contributed by atoms with Crippen LogP contribution in [0.4, 0.5) is 0 Å². The van der Waals surface area contributed by atoms with Crippen LogP contribution >= 0.6 is 35.0 Å². The van der Waals surface area contributed by atoms with Crippen molar-refractivity contribution in [3.8, 4) is 6.07 Å². The van der Waals surface area contributed by atoms with Gasteiger partial charge in [-0.3, -0.25) is 0 Å². The van der Waals surface area contributed by atoms with E-state index >= 15 is 0 Å². The first-order chi connectivity index (χ1) is 8.69. The minimum Gasteiger partial charge on any atom is -0.192 e. The predicted octanol–water partition coefficient (Wildman–Crippen LogP) is 5.16. The smallest absolute Gasteiger partial charge is 0.0992 e. The zero-order chi connectivity index (χ0) is 13.0. The Morgan fingerprint density at radius 3 is 2.39 bits per heavy atom. The van der Waals surface area contributed by atoms with Crippen LogP contribution in [0.5, 0.6) is 0 Å². The average molecular weight is 294 g/mol. The fraction of sp³-hybridized carbons (Fsp3) is 0.0714. The molecule has 90 valence electrons. The summed E-state index contributed by atoms with van der Waals surface area (Å²) in [4.78, 5) is 0.977. The molecule has 0 aliphatic heterocycles. The molecular formula is C14H9Cl2NS. The maximum Gasteiger partial charge on any atom is 0.0992 e. The van der Waals surface area contributed by atoms with Crippen LogP contribution in [0.1, 0.15) is 11.1 Å². The van der Waals surface area contributed by atoms with Crippen molar-refractivity contribution < 1.29 is 0 Å². The van der Waals surface area contributed by atoms with Crippen LogP contribution in [-0.2, 0) is 5.75 Å². The first-order valence-corrected chi connectivity index (χ1v) is 7.00. The molecule has 0 aliphatic rings. The molecule has 0 unspecified atom stereocenters. The molecule has 4 heteroatoms. The molecule has 0 aliphatic carbocycles. The Morgan fingerprint density at radius 2 is 1.78 bits per heavy atom. The molecule has 2 aromatic rings. The normalized spacial score (nSPS) is 10.1. The highest BCUT2D eigenvalue weighted by molar-refractivity contribution is 7.98. The maximum atomic E-state index is 8.76. The molecule has 18 heavy (non-hydrogen) atoms. The van der Waals surface area contributed by atoms with E-state index in [1.165, 1.54) is 5.56 Å². The lowest BCUT2D eigenvalue weighted by Gasteiger charge is -2.04. The Kier molecular flexibility index (Phi) is 4.54. The van der Waals surface area contributed by atoms with Crippen LogP contribution < -0.4 is 0 Å². The lowest BCUT2D eigenvalue weighted by atomic mass is 10.2. The molecule has 0 saturated carbocycles. The number of thioether (sulfide) groups is 1. The predicted molar refractivity (Wildman–Crippen MR) is 77.2 cm³/mol. The summed E-state index contributed by atoms with van der Waals surface area (Å²) in [5.41, 5.74) is 1.76. The van der Waals surface area contributed by atoms with Crippen LogP contribution in [0, 0.1) is 11.3 Å². The third kappa shape index (κ3) is 3.43. The number of hydrogen-bond acceptors (Lipinski definition) is 2. The summed E-state index contributed by atoms with van der Waals surface area (Å²) in [5, 5.41) is 10.1. The van der Waals surface area contributed by atoms with Crippen LogP contribution in [0.2, 0.25) is 10.0 Å². The largest absolute Gasteiger partial charge is 0.192 e. The summed E-state index contributed by atoms with van der Waals surface area (Å²) in [6, 6.07) is 15.1. The van der Waals surface area contributed by atoms with E-state index in [1.807, 2.05) is 30.3 Å². The number of benzene rings is 2. The highest BCUT2D eigenvalue weighted by Gasteiger charge is 2.03. The monoisotopic (exact) mass is 293 g/mol. The molecule has 0 fully saturated rings. The Morgan fingerprint density at radius 1 is 1.06 bits per heavy atom. The van der Waals surface area contributed by atoms with Crippen molar-refractivity contribution in [2.24, 2.45) is 0 Å². The van der Waals surface area contributed by atoms with E-state index in [0.29, 0.717) is 10.6 Å². The van der Waals surface area contributed by atoms with Gasteiger partial charge in [0.05, 0.1) is 16.7 Å². The van der Waals surface area contributed by atoms with E-state index in [2.05, 4.69) is 6.07 Å². The van der Waals surface area contributed by atoms with Gasteiger partial charge in [-0.1, -0.05) is 35.3 Å². The van der Waals surface area contributed by atoms with E-state index in [0.717, 1.165) is 15.7 Å². The molecule has 0 bridgehead atoms. The quantitative estimate of drug-likeness (QED) is 0.730. The van der Waals surface area contributed by atoms with Crippen molar-refractivity contribution in [1.29, 1.82) is 5.26 Å². The van der Waals surface area contributed by atoms with Gasteiger partial charge in [0, 0.05) is 15.7 Å². The molecular weight excluding hydrogens is 285 g/mol. The Labute approximate surface area is 120 Å². The average Bonchev–Trinajstić information content (AvgIpc) is 2.39. The van der Waals surface area contributed by atoms with E-state index in [-0.39, 0.29) is 0 Å². The van der Waals surface area contributed by atoms with Gasteiger partial charge < -0.3 is 0 Å². The van der Waals surface area contributed by atoms with Crippen LogP contribution in [0.25, 0.3) is 0 Å². The Balaban J connectivity index is 2.06. The number of nitriles is 1. The van der Waals surface area contributed by atoms with E-state index in [1.54, 1.807) is 23.9 Å². The second kappa shape index (κ2) is 6.15. The molecule has 0 aromatic heterocycles. The minimum absolute atomic E-state index is 0.579. The molecule has 2 aromatic carbocycles. The third-order valence-corrected chi connectivity index (χ3v) is 4.19. The molecule has 0 atom stereocenters. The fourth-order valence-electron chi connectivity index (χ4n) is 1.43. The van der Waals surface area contributed by atoms with Crippen LogP contribution in [0.15, 0.2) is 47.4 Å². The first-order valence-electron chi connectivity index (χ1n) is 5.26. The highest BCUT2D eigenvalue weighted by atomic mass is 35.5. The van der Waals surface area contributed by atoms with Gasteiger partial charge >= 0.3 is 0 Å². The van der Waals surface area contributed by atoms with E-state index in [9.17, 15) is 0 Å². The minimum atomic E-state index is 0.579. The zero-order valence-corrected chi connectivity index (χ0v) is 11.7. The van der Waals surface area contributed by atoms with Gasteiger partial charge in [-0.2, -0.15) is 5.26 Å². The van der Waals surface area contributed by atoms with Crippen molar-refractivity contribution >= 4 is 35.0 Å². The molecule has 0 radical (unpaired) electrons. The highest BCUT2D eigenvalue weighted by Crippen LogP contribution is 2.30. The molecule has 0 N–H and O–H groups in total. The molecule has 0 amide bonds. The second-order valence-corrected chi connectivity index (χ2v) is 5.53. The molecule has 1 nitrogen and oxygen atoms in total. The number of rotatable bonds is 3. The van der Waals surface area contributed by atoms with Crippen molar-refractivity contribution in [3.63, 3.8) is 0 Å². The van der Waals surface area contributed by atoms with Gasteiger partial charge in [-0.05, 0) is 35.9 Å². The van der Waals surface area contributed by atoms with Gasteiger partial charge in [0.15, 0.2) is 0 Å². The first kappa shape index (κ1) is 13.3. The molecule has 0 saturated heterocycles. The Hall–Kier alpha value is -1.14. The summed E-state index contributed by atoms with van der Waals surface area (Å²) < 4.78 is 0. The van der Waals surface area contributed by atoms with E-state index < -0.39 is 0 Å². The van der Waals surface area contributed by atoms with Crippen molar-refractivity contribution in [3.05, 3.63) is 63.6 Å². The maximum absolute atomic E-state index is 8.76. The summed E-state index contributed by atoms with van der Waals surface area (Å²) >= 11 is 13.6. The third-order valence-electron chi connectivity index (χ3n) is 2.37. The summed E-state index contributed by atoms with van der Waals surface area (Å²) in [7, 11) is 0. The van der Waals surface area contributed by atoms with Crippen LogP contribution in [-0.4, -0.2) is 0 Å². The second-order valence-electron chi connectivity index (χ2n) is 3.67. The van der Waals surface area contributed by atoms with Crippen LogP contribution in [0.3, 0.4) is 0 Å². The summed E-state index contributed by atoms with van der Waals surface area (Å²) in [6.07, 6.45) is 0. The fourth-order valence-corrected chi connectivity index (χ4v) is 2.78. The van der Waals surface area contributed by atoms with Gasteiger partial charge in [-0.15, -0.1) is 11.8 Å². The SMILES string of the molecule is N#Cc1ccc(SCc2ccc(Cl)cc2)c(Cl)c1. The summed E-state index contributed by atoms with van der Waals surface area (Å²) in [5.74, 6) is 0.822. The molecule has 0 heterocycles. The van der Waals surface area contributed by atoms with Crippen molar-refractivity contribution in [2.75, 3.05) is 0 Å². The van der Waals surface area contributed by atoms with Gasteiger partial charge in [0.2, 0.25) is 0 Å². The molecule has 2 rings (SSSR count). The number of halogens is 2. The topological polar surface area (TPSA) is 23.8 Å².